The van der Waals surface area contributed by atoms with Gasteiger partial charge in [0.25, 0.3) is 0 Å². The van der Waals surface area contributed by atoms with Crippen LogP contribution >= 0.6 is 11.6 Å². The van der Waals surface area contributed by atoms with Gasteiger partial charge in [-0.3, -0.25) is 4.79 Å². The standard InChI is InChI=1S/C21H21ClF2N2O3/c1-28-18-7-2-4-15(20(18)29-21(23)24)8-9-19(27)26-12-10-25(11-13-26)17-6-3-5-16(22)14-17/h2-9,14,21H,10-13H2,1H3/b9-8+. The lowest BCUT2D eigenvalue weighted by molar-refractivity contribution is -0.126. The van der Waals surface area contributed by atoms with E-state index in [-0.39, 0.29) is 17.4 Å². The molecular weight excluding hydrogens is 402 g/mol. The highest BCUT2D eigenvalue weighted by molar-refractivity contribution is 6.30. The van der Waals surface area contributed by atoms with Crippen molar-refractivity contribution in [2.75, 3.05) is 38.2 Å². The molecule has 0 atom stereocenters. The second kappa shape index (κ2) is 9.60. The van der Waals surface area contributed by atoms with Gasteiger partial charge in [-0.15, -0.1) is 0 Å². The molecule has 1 aliphatic rings. The van der Waals surface area contributed by atoms with E-state index in [9.17, 15) is 13.6 Å². The van der Waals surface area contributed by atoms with Gasteiger partial charge in [-0.05, 0) is 30.3 Å². The fourth-order valence-electron chi connectivity index (χ4n) is 3.16. The van der Waals surface area contributed by atoms with Crippen LogP contribution < -0.4 is 14.4 Å². The smallest absolute Gasteiger partial charge is 0.387 e. The number of hydrogen-bond donors (Lipinski definition) is 0. The van der Waals surface area contributed by atoms with Crippen molar-refractivity contribution in [2.24, 2.45) is 0 Å². The van der Waals surface area contributed by atoms with Gasteiger partial charge in [-0.2, -0.15) is 8.78 Å². The van der Waals surface area contributed by atoms with Crippen LogP contribution in [0.25, 0.3) is 6.08 Å². The predicted octanol–water partition coefficient (Wildman–Crippen LogP) is 4.31. The zero-order chi connectivity index (χ0) is 20.8. The van der Waals surface area contributed by atoms with Crippen molar-refractivity contribution < 1.29 is 23.0 Å². The van der Waals surface area contributed by atoms with Gasteiger partial charge in [-0.25, -0.2) is 0 Å². The maximum Gasteiger partial charge on any atom is 0.387 e. The fourth-order valence-corrected chi connectivity index (χ4v) is 3.35. The van der Waals surface area contributed by atoms with E-state index in [1.165, 1.54) is 25.3 Å². The quantitative estimate of drug-likeness (QED) is 0.650. The third-order valence-corrected chi connectivity index (χ3v) is 4.84. The van der Waals surface area contributed by atoms with Crippen molar-refractivity contribution in [1.82, 2.24) is 4.90 Å². The van der Waals surface area contributed by atoms with E-state index in [1.807, 2.05) is 24.3 Å². The van der Waals surface area contributed by atoms with Crippen molar-refractivity contribution in [3.63, 3.8) is 0 Å². The molecule has 3 rings (SSSR count). The topological polar surface area (TPSA) is 42.0 Å². The first-order valence-corrected chi connectivity index (χ1v) is 9.45. The van der Waals surface area contributed by atoms with E-state index in [2.05, 4.69) is 9.64 Å². The van der Waals surface area contributed by atoms with Gasteiger partial charge in [0.1, 0.15) is 0 Å². The van der Waals surface area contributed by atoms with E-state index in [1.54, 1.807) is 17.0 Å². The molecule has 0 saturated carbocycles. The first kappa shape index (κ1) is 20.9. The third kappa shape index (κ3) is 5.38. The highest BCUT2D eigenvalue weighted by Gasteiger charge is 2.20. The second-order valence-electron chi connectivity index (χ2n) is 6.38. The summed E-state index contributed by atoms with van der Waals surface area (Å²) in [6.07, 6.45) is 2.83. The number of methoxy groups -OCH3 is 1. The number of para-hydroxylation sites is 1. The van der Waals surface area contributed by atoms with Gasteiger partial charge in [-0.1, -0.05) is 29.8 Å². The Hall–Kier alpha value is -2.80. The predicted molar refractivity (Wildman–Crippen MR) is 109 cm³/mol. The Balaban J connectivity index is 1.65. The zero-order valence-electron chi connectivity index (χ0n) is 15.9. The Morgan fingerprint density at radius 2 is 1.86 bits per heavy atom. The second-order valence-corrected chi connectivity index (χ2v) is 6.82. The molecule has 0 bridgehead atoms. The van der Waals surface area contributed by atoms with Crippen LogP contribution in [0.3, 0.4) is 0 Å². The normalized spacial score (nSPS) is 14.5. The molecule has 8 heteroatoms. The Labute approximate surface area is 173 Å². The molecule has 5 nitrogen and oxygen atoms in total. The van der Waals surface area contributed by atoms with E-state index in [0.29, 0.717) is 36.8 Å². The number of carbonyl (C=O) groups excluding carboxylic acids is 1. The van der Waals surface area contributed by atoms with E-state index >= 15 is 0 Å². The Bertz CT molecular complexity index is 884. The molecule has 1 aliphatic heterocycles. The van der Waals surface area contributed by atoms with Crippen molar-refractivity contribution in [3.8, 4) is 11.5 Å². The summed E-state index contributed by atoms with van der Waals surface area (Å²) in [6, 6.07) is 12.3. The number of rotatable bonds is 6. The minimum Gasteiger partial charge on any atom is -0.493 e. The highest BCUT2D eigenvalue weighted by Crippen LogP contribution is 2.33. The number of piperazine rings is 1. The minimum absolute atomic E-state index is 0.0974. The monoisotopic (exact) mass is 422 g/mol. The molecule has 0 N–H and O–H groups in total. The van der Waals surface area contributed by atoms with Gasteiger partial charge in [0.2, 0.25) is 5.91 Å². The first-order chi connectivity index (χ1) is 14.0. The number of carbonyl (C=O) groups is 1. The molecule has 0 radical (unpaired) electrons. The minimum atomic E-state index is -2.99. The average Bonchev–Trinajstić information content (AvgIpc) is 2.72. The molecule has 29 heavy (non-hydrogen) atoms. The van der Waals surface area contributed by atoms with Crippen LogP contribution in [0.1, 0.15) is 5.56 Å². The van der Waals surface area contributed by atoms with Crippen LogP contribution in [0.2, 0.25) is 5.02 Å². The lowest BCUT2D eigenvalue weighted by atomic mass is 10.1. The maximum absolute atomic E-state index is 12.7. The van der Waals surface area contributed by atoms with Gasteiger partial charge in [0.15, 0.2) is 11.5 Å². The molecule has 154 valence electrons. The summed E-state index contributed by atoms with van der Waals surface area (Å²) in [4.78, 5) is 16.4. The molecule has 1 saturated heterocycles. The number of benzene rings is 2. The molecule has 0 unspecified atom stereocenters. The lowest BCUT2D eigenvalue weighted by Crippen LogP contribution is -2.48. The zero-order valence-corrected chi connectivity index (χ0v) is 16.6. The van der Waals surface area contributed by atoms with E-state index in [0.717, 1.165) is 5.69 Å². The Kier molecular flexibility index (Phi) is 6.93. The van der Waals surface area contributed by atoms with Crippen molar-refractivity contribution in [1.29, 1.82) is 0 Å². The molecular formula is C21H21ClF2N2O3. The van der Waals surface area contributed by atoms with Crippen LogP contribution in [-0.2, 0) is 4.79 Å². The molecule has 2 aromatic rings. The van der Waals surface area contributed by atoms with E-state index < -0.39 is 6.61 Å². The molecule has 0 aliphatic carbocycles. The number of nitrogens with zero attached hydrogens (tertiary/aromatic N) is 2. The summed E-state index contributed by atoms with van der Waals surface area (Å²) < 4.78 is 35.1. The summed E-state index contributed by atoms with van der Waals surface area (Å²) in [5.41, 5.74) is 1.36. The molecule has 1 amide bonds. The van der Waals surface area contributed by atoms with Crippen LogP contribution in [0.4, 0.5) is 14.5 Å². The van der Waals surface area contributed by atoms with E-state index in [4.69, 9.17) is 16.3 Å². The fraction of sp³-hybridized carbons (Fsp3) is 0.286. The van der Waals surface area contributed by atoms with Gasteiger partial charge in [0, 0.05) is 48.5 Å². The maximum atomic E-state index is 12.7. The van der Waals surface area contributed by atoms with Gasteiger partial charge >= 0.3 is 6.61 Å². The SMILES string of the molecule is COc1cccc(/C=C/C(=O)N2CCN(c3cccc(Cl)c3)CC2)c1OC(F)F. The molecule has 1 fully saturated rings. The number of amides is 1. The lowest BCUT2D eigenvalue weighted by Gasteiger charge is -2.35. The van der Waals surface area contributed by atoms with Gasteiger partial charge in [0.05, 0.1) is 7.11 Å². The summed E-state index contributed by atoms with van der Waals surface area (Å²) in [6.45, 7) is -0.534. The summed E-state index contributed by atoms with van der Waals surface area (Å²) in [7, 11) is 1.37. The molecule has 2 aromatic carbocycles. The number of alkyl halides is 2. The molecule has 1 heterocycles. The van der Waals surface area contributed by atoms with Crippen molar-refractivity contribution >= 4 is 29.3 Å². The van der Waals surface area contributed by atoms with Crippen LogP contribution in [0, 0.1) is 0 Å². The third-order valence-electron chi connectivity index (χ3n) is 4.61. The number of ether oxygens (including phenoxy) is 2. The summed E-state index contributed by atoms with van der Waals surface area (Å²) >= 11 is 6.04. The molecule has 0 spiro atoms. The van der Waals surface area contributed by atoms with Crippen LogP contribution in [0.15, 0.2) is 48.5 Å². The molecule has 0 aromatic heterocycles. The van der Waals surface area contributed by atoms with Crippen molar-refractivity contribution in [3.05, 3.63) is 59.1 Å². The van der Waals surface area contributed by atoms with Crippen molar-refractivity contribution in [2.45, 2.75) is 6.61 Å². The number of halogens is 3. The average molecular weight is 423 g/mol. The van der Waals surface area contributed by atoms with Crippen LogP contribution in [-0.4, -0.2) is 50.7 Å². The first-order valence-electron chi connectivity index (χ1n) is 9.07. The summed E-state index contributed by atoms with van der Waals surface area (Å²) in [5, 5.41) is 0.670. The largest absolute Gasteiger partial charge is 0.493 e. The number of anilines is 1. The van der Waals surface area contributed by atoms with Gasteiger partial charge < -0.3 is 19.3 Å². The number of hydrogen-bond acceptors (Lipinski definition) is 4. The Morgan fingerprint density at radius 1 is 1.14 bits per heavy atom. The van der Waals surface area contributed by atoms with Crippen LogP contribution in [0.5, 0.6) is 11.5 Å². The Morgan fingerprint density at radius 3 is 2.52 bits per heavy atom. The summed E-state index contributed by atoms with van der Waals surface area (Å²) in [5.74, 6) is -0.114. The highest BCUT2D eigenvalue weighted by atomic mass is 35.5.